The van der Waals surface area contributed by atoms with E-state index >= 15 is 0 Å². The van der Waals surface area contributed by atoms with Crippen LogP contribution in [0, 0.1) is 11.3 Å². The van der Waals surface area contributed by atoms with E-state index in [0.717, 1.165) is 6.20 Å². The molecule has 1 saturated heterocycles. The number of nitrogens with one attached hydrogen (secondary N) is 2. The van der Waals surface area contributed by atoms with Crippen molar-refractivity contribution in [2.45, 2.75) is 18.6 Å². The SMILES string of the molecule is COCC[C@@H](/C=C/COC(=O)N1CCN(c2ncc(C#N)cn2)CC1)Nc1cn[nH]c(=O)c1C(F)(F)F. The van der Waals surface area contributed by atoms with Gasteiger partial charge in [-0.25, -0.2) is 19.9 Å². The van der Waals surface area contributed by atoms with E-state index < -0.39 is 35.1 Å². The summed E-state index contributed by atoms with van der Waals surface area (Å²) >= 11 is 0. The molecular formula is C22H25F3N8O4. The highest BCUT2D eigenvalue weighted by Gasteiger charge is 2.37. The fourth-order valence-electron chi connectivity index (χ4n) is 3.51. The summed E-state index contributed by atoms with van der Waals surface area (Å²) in [6.07, 6.45) is 1.66. The molecule has 1 atom stereocenters. The summed E-state index contributed by atoms with van der Waals surface area (Å²) in [5.41, 5.74) is -2.85. The Kier molecular flexibility index (Phi) is 9.39. The van der Waals surface area contributed by atoms with Crippen LogP contribution < -0.4 is 15.8 Å². The van der Waals surface area contributed by atoms with Crippen molar-refractivity contribution in [1.82, 2.24) is 25.1 Å². The van der Waals surface area contributed by atoms with Gasteiger partial charge in [-0.2, -0.15) is 23.5 Å². The van der Waals surface area contributed by atoms with E-state index in [-0.39, 0.29) is 19.6 Å². The molecule has 0 bridgehead atoms. The average molecular weight is 522 g/mol. The predicted octanol–water partition coefficient (Wildman–Crippen LogP) is 1.78. The lowest BCUT2D eigenvalue weighted by molar-refractivity contribution is -0.138. The Hall–Kier alpha value is -4.19. The first kappa shape index (κ1) is 27.4. The summed E-state index contributed by atoms with van der Waals surface area (Å²) in [5, 5.41) is 16.7. The highest BCUT2D eigenvalue weighted by molar-refractivity contribution is 5.68. The van der Waals surface area contributed by atoms with Gasteiger partial charge in [-0.3, -0.25) is 4.79 Å². The third-order valence-corrected chi connectivity index (χ3v) is 5.37. The Morgan fingerprint density at radius 1 is 1.27 bits per heavy atom. The van der Waals surface area contributed by atoms with Crippen LogP contribution in [0.4, 0.5) is 29.6 Å². The van der Waals surface area contributed by atoms with Crippen LogP contribution >= 0.6 is 0 Å². The van der Waals surface area contributed by atoms with Gasteiger partial charge in [-0.05, 0) is 12.5 Å². The molecule has 1 fully saturated rings. The molecule has 2 aromatic heterocycles. The van der Waals surface area contributed by atoms with Crippen LogP contribution in [0.15, 0.2) is 35.5 Å². The van der Waals surface area contributed by atoms with Crippen molar-refractivity contribution in [2.75, 3.05) is 56.7 Å². The second-order valence-electron chi connectivity index (χ2n) is 7.88. The summed E-state index contributed by atoms with van der Waals surface area (Å²) in [6, 6.07) is 1.30. The lowest BCUT2D eigenvalue weighted by Crippen LogP contribution is -2.49. The summed E-state index contributed by atoms with van der Waals surface area (Å²) < 4.78 is 50.2. The third kappa shape index (κ3) is 7.64. The molecule has 0 aromatic carbocycles. The molecule has 0 radical (unpaired) electrons. The number of amides is 1. The smallest absolute Gasteiger partial charge is 0.423 e. The lowest BCUT2D eigenvalue weighted by Gasteiger charge is -2.33. The molecule has 198 valence electrons. The number of carbonyl (C=O) groups is 1. The Balaban J connectivity index is 1.52. The number of nitriles is 1. The molecule has 15 heteroatoms. The number of nitrogens with zero attached hydrogens (tertiary/aromatic N) is 6. The van der Waals surface area contributed by atoms with Crippen molar-refractivity contribution < 1.29 is 27.4 Å². The van der Waals surface area contributed by atoms with Crippen LogP contribution in [-0.4, -0.2) is 83.7 Å². The molecule has 0 unspecified atom stereocenters. The highest BCUT2D eigenvalue weighted by atomic mass is 19.4. The van der Waals surface area contributed by atoms with Crippen molar-refractivity contribution >= 4 is 17.7 Å². The second kappa shape index (κ2) is 12.7. The number of anilines is 2. The van der Waals surface area contributed by atoms with Crippen LogP contribution in [0.3, 0.4) is 0 Å². The number of hydrogen-bond donors (Lipinski definition) is 2. The van der Waals surface area contributed by atoms with E-state index in [9.17, 15) is 22.8 Å². The molecule has 2 N–H and O–H groups in total. The first-order valence-corrected chi connectivity index (χ1v) is 11.2. The van der Waals surface area contributed by atoms with Gasteiger partial charge >= 0.3 is 12.3 Å². The molecular weight excluding hydrogens is 497 g/mol. The van der Waals surface area contributed by atoms with Gasteiger partial charge in [0.2, 0.25) is 5.95 Å². The molecule has 1 amide bonds. The third-order valence-electron chi connectivity index (χ3n) is 5.37. The van der Waals surface area contributed by atoms with E-state index in [4.69, 9.17) is 14.7 Å². The molecule has 3 rings (SSSR count). The molecule has 12 nitrogen and oxygen atoms in total. The zero-order valence-electron chi connectivity index (χ0n) is 19.9. The topological polar surface area (TPSA) is 149 Å². The van der Waals surface area contributed by atoms with Crippen LogP contribution in [-0.2, 0) is 15.7 Å². The largest absolute Gasteiger partial charge is 0.445 e. The normalized spacial score (nSPS) is 14.9. The Bertz CT molecular complexity index is 1170. The molecule has 2 aromatic rings. The Morgan fingerprint density at radius 2 is 1.97 bits per heavy atom. The van der Waals surface area contributed by atoms with E-state index in [1.54, 1.807) is 5.10 Å². The summed E-state index contributed by atoms with van der Waals surface area (Å²) in [7, 11) is 1.45. The van der Waals surface area contributed by atoms with Crippen LogP contribution in [0.25, 0.3) is 0 Å². The van der Waals surface area contributed by atoms with Gasteiger partial charge in [0.15, 0.2) is 0 Å². The number of ether oxygens (including phenoxy) is 2. The molecule has 0 saturated carbocycles. The van der Waals surface area contributed by atoms with Crippen molar-refractivity contribution in [1.29, 1.82) is 5.26 Å². The molecule has 1 aliphatic rings. The first-order valence-electron chi connectivity index (χ1n) is 11.2. The monoisotopic (exact) mass is 522 g/mol. The quantitative estimate of drug-likeness (QED) is 0.467. The van der Waals surface area contributed by atoms with Crippen molar-refractivity contribution in [3.63, 3.8) is 0 Å². The van der Waals surface area contributed by atoms with Crippen LogP contribution in [0.1, 0.15) is 17.5 Å². The zero-order valence-corrected chi connectivity index (χ0v) is 19.9. The number of piperazine rings is 1. The lowest BCUT2D eigenvalue weighted by atomic mass is 10.1. The molecule has 37 heavy (non-hydrogen) atoms. The number of H-pyrrole nitrogens is 1. The van der Waals surface area contributed by atoms with E-state index in [2.05, 4.69) is 20.4 Å². The van der Waals surface area contributed by atoms with E-state index in [1.165, 1.54) is 36.6 Å². The maximum absolute atomic E-state index is 13.3. The van der Waals surface area contributed by atoms with Gasteiger partial charge in [0.1, 0.15) is 18.2 Å². The second-order valence-corrected chi connectivity index (χ2v) is 7.88. The number of alkyl halides is 3. The van der Waals surface area contributed by atoms with Crippen LogP contribution in [0.2, 0.25) is 0 Å². The minimum absolute atomic E-state index is 0.108. The fraction of sp³-hybridized carbons (Fsp3) is 0.455. The van der Waals surface area contributed by atoms with Gasteiger partial charge in [0, 0.05) is 45.9 Å². The minimum atomic E-state index is -4.87. The van der Waals surface area contributed by atoms with Gasteiger partial charge in [0.25, 0.3) is 5.56 Å². The molecule has 0 aliphatic carbocycles. The average Bonchev–Trinajstić information content (AvgIpc) is 2.88. The fourth-order valence-corrected chi connectivity index (χ4v) is 3.51. The summed E-state index contributed by atoms with van der Waals surface area (Å²) in [6.45, 7) is 1.83. The van der Waals surface area contributed by atoms with Crippen molar-refractivity contribution in [3.8, 4) is 6.07 Å². The van der Waals surface area contributed by atoms with Crippen molar-refractivity contribution in [3.05, 3.63) is 52.2 Å². The number of aromatic amines is 1. The summed E-state index contributed by atoms with van der Waals surface area (Å²) in [5.74, 6) is 0.467. The first-order chi connectivity index (χ1) is 17.7. The molecule has 1 aliphatic heterocycles. The maximum Gasteiger partial charge on any atom is 0.423 e. The van der Waals surface area contributed by atoms with Gasteiger partial charge in [-0.1, -0.05) is 6.08 Å². The summed E-state index contributed by atoms with van der Waals surface area (Å²) in [4.78, 5) is 35.8. The molecule has 0 spiro atoms. The zero-order chi connectivity index (χ0) is 26.8. The number of halogens is 3. The Morgan fingerprint density at radius 3 is 2.59 bits per heavy atom. The standard InChI is InChI=1S/C22H25F3N8O4/c1-36-10-4-16(30-17-14-29-31-19(34)18(17)22(23,24)25)3-2-9-37-21(35)33-7-5-32(6-8-33)20-27-12-15(11-26)13-28-20/h2-3,12-14,16H,4-10H2,1H3,(H2,30,31,34)/b3-2+/t16-/m1/s1. The number of rotatable bonds is 9. The molecule has 3 heterocycles. The van der Waals surface area contributed by atoms with Crippen LogP contribution in [0.5, 0.6) is 0 Å². The minimum Gasteiger partial charge on any atom is -0.445 e. The van der Waals surface area contributed by atoms with Gasteiger partial charge in [-0.15, -0.1) is 0 Å². The van der Waals surface area contributed by atoms with Gasteiger partial charge < -0.3 is 24.6 Å². The van der Waals surface area contributed by atoms with E-state index in [1.807, 2.05) is 11.0 Å². The van der Waals surface area contributed by atoms with Crippen molar-refractivity contribution in [2.24, 2.45) is 0 Å². The number of hydrogen-bond acceptors (Lipinski definition) is 10. The van der Waals surface area contributed by atoms with E-state index in [0.29, 0.717) is 37.7 Å². The Labute approximate surface area is 209 Å². The predicted molar refractivity (Wildman–Crippen MR) is 125 cm³/mol. The number of carbonyl (C=O) groups excluding carboxylic acids is 1. The highest BCUT2D eigenvalue weighted by Crippen LogP contribution is 2.31. The van der Waals surface area contributed by atoms with Gasteiger partial charge in [0.05, 0.1) is 29.8 Å². The maximum atomic E-state index is 13.3. The number of aromatic nitrogens is 4. The number of methoxy groups -OCH3 is 1.